The van der Waals surface area contributed by atoms with Gasteiger partial charge in [-0.3, -0.25) is 0 Å². The van der Waals surface area contributed by atoms with Gasteiger partial charge in [0, 0.05) is 0 Å². The van der Waals surface area contributed by atoms with Crippen molar-refractivity contribution in [3.05, 3.63) is 46.9 Å². The van der Waals surface area contributed by atoms with Gasteiger partial charge in [0.05, 0.1) is 0 Å². The molecule has 0 atom stereocenters. The fourth-order valence-corrected chi connectivity index (χ4v) is 1.95. The van der Waals surface area contributed by atoms with E-state index < -0.39 is 0 Å². The summed E-state index contributed by atoms with van der Waals surface area (Å²) < 4.78 is 0. The van der Waals surface area contributed by atoms with Crippen LogP contribution in [0.4, 0.5) is 0 Å². The van der Waals surface area contributed by atoms with Gasteiger partial charge >= 0.3 is 93.1 Å². The van der Waals surface area contributed by atoms with Crippen LogP contribution in [0, 0.1) is 6.92 Å². The Morgan fingerprint density at radius 1 is 1.07 bits per heavy atom. The zero-order chi connectivity index (χ0) is 10.7. The van der Waals surface area contributed by atoms with E-state index in [0.29, 0.717) is 0 Å². The molecule has 0 unspecified atom stereocenters. The standard InChI is InChI=1S/C13H15B2/c1-10-5-3-4-6-12(10)7-8-13-9-11(2)14-15-13/h3-6,9H,7-8H2,1-2H3. The third-order valence-electron chi connectivity index (χ3n) is 2.92. The first-order valence-electron chi connectivity index (χ1n) is 5.52. The maximum absolute atomic E-state index is 2.28. The Labute approximate surface area is 93.5 Å². The molecule has 0 bridgehead atoms. The average molecular weight is 193 g/mol. The molecule has 0 aliphatic carbocycles. The SMILES string of the molecule is CC1=B[B]C(CCc2ccccc2C)=C1. The summed E-state index contributed by atoms with van der Waals surface area (Å²) in [5.41, 5.74) is 5.70. The van der Waals surface area contributed by atoms with Crippen molar-refractivity contribution in [3.63, 3.8) is 0 Å². The van der Waals surface area contributed by atoms with Gasteiger partial charge in [-0.2, -0.15) is 0 Å². The molecule has 1 aromatic carbocycles. The van der Waals surface area contributed by atoms with Crippen LogP contribution in [0.2, 0.25) is 0 Å². The van der Waals surface area contributed by atoms with E-state index in [-0.39, 0.29) is 0 Å². The monoisotopic (exact) mass is 193 g/mol. The van der Waals surface area contributed by atoms with Gasteiger partial charge in [-0.25, -0.2) is 0 Å². The molecule has 0 saturated carbocycles. The van der Waals surface area contributed by atoms with Crippen molar-refractivity contribution in [2.24, 2.45) is 0 Å². The predicted octanol–water partition coefficient (Wildman–Crippen LogP) is 2.34. The fourth-order valence-electron chi connectivity index (χ4n) is 1.95. The Morgan fingerprint density at radius 3 is 2.53 bits per heavy atom. The molecule has 15 heavy (non-hydrogen) atoms. The summed E-state index contributed by atoms with van der Waals surface area (Å²) in [5.74, 6) is 0. The van der Waals surface area contributed by atoms with Gasteiger partial charge < -0.3 is 0 Å². The van der Waals surface area contributed by atoms with E-state index in [0.717, 1.165) is 12.8 Å². The van der Waals surface area contributed by atoms with E-state index >= 15 is 0 Å². The Bertz CT molecular complexity index is 416. The van der Waals surface area contributed by atoms with Crippen LogP contribution in [0.5, 0.6) is 0 Å². The minimum absolute atomic E-state index is 1.15. The topological polar surface area (TPSA) is 0 Å². The van der Waals surface area contributed by atoms with Crippen LogP contribution < -0.4 is 0 Å². The summed E-state index contributed by atoms with van der Waals surface area (Å²) in [6, 6.07) is 8.64. The third kappa shape index (κ3) is 2.71. The second-order valence-electron chi connectivity index (χ2n) is 4.22. The fraction of sp³-hybridized carbons (Fsp3) is 0.308. The Hall–Kier alpha value is -1.04. The second kappa shape index (κ2) is 4.65. The molecule has 2 rings (SSSR count). The van der Waals surface area contributed by atoms with Crippen LogP contribution in [0.1, 0.15) is 24.5 Å². The zero-order valence-corrected chi connectivity index (χ0v) is 9.46. The molecule has 0 saturated heterocycles. The van der Waals surface area contributed by atoms with Crippen LogP contribution in [-0.4, -0.2) is 19.4 Å². The summed E-state index contributed by atoms with van der Waals surface area (Å²) >= 11 is 0. The van der Waals surface area contributed by atoms with Crippen molar-refractivity contribution in [1.82, 2.24) is 0 Å². The van der Waals surface area contributed by atoms with Gasteiger partial charge in [-0.15, -0.1) is 0 Å². The molecule has 0 N–H and O–H groups in total. The number of allylic oxidation sites excluding steroid dienone is 2. The van der Waals surface area contributed by atoms with Crippen molar-refractivity contribution in [1.29, 1.82) is 0 Å². The van der Waals surface area contributed by atoms with Gasteiger partial charge in [0.1, 0.15) is 0 Å². The number of hydrogen-bond acceptors (Lipinski definition) is 0. The molecule has 0 amide bonds. The predicted molar refractivity (Wildman–Crippen MR) is 69.8 cm³/mol. The Morgan fingerprint density at radius 2 is 1.87 bits per heavy atom. The van der Waals surface area contributed by atoms with E-state index in [1.54, 1.807) is 0 Å². The summed E-state index contributed by atoms with van der Waals surface area (Å²) in [6.07, 6.45) is 4.58. The molecule has 0 nitrogen and oxygen atoms in total. The summed E-state index contributed by atoms with van der Waals surface area (Å²) in [7, 11) is 2.23. The molecule has 1 aliphatic rings. The molecule has 0 aromatic heterocycles. The summed E-state index contributed by atoms with van der Waals surface area (Å²) in [4.78, 5) is 0. The number of rotatable bonds is 3. The maximum atomic E-state index is 2.28. The molecular formula is C13H15B2. The first-order valence-corrected chi connectivity index (χ1v) is 5.52. The quantitative estimate of drug-likeness (QED) is 0.646. The first-order chi connectivity index (χ1) is 7.25. The summed E-state index contributed by atoms with van der Waals surface area (Å²) in [5, 5.41) is 0. The van der Waals surface area contributed by atoms with Crippen molar-refractivity contribution in [3.8, 4) is 0 Å². The van der Waals surface area contributed by atoms with Crippen molar-refractivity contribution in [2.45, 2.75) is 26.7 Å². The molecule has 1 heterocycles. The van der Waals surface area contributed by atoms with Gasteiger partial charge in [-0.05, 0) is 0 Å². The molecule has 1 aliphatic heterocycles. The molecule has 0 fully saturated rings. The molecule has 73 valence electrons. The van der Waals surface area contributed by atoms with E-state index in [2.05, 4.69) is 58.2 Å². The number of hydrogen-bond donors (Lipinski definition) is 0. The van der Waals surface area contributed by atoms with Crippen LogP contribution in [0.3, 0.4) is 0 Å². The second-order valence-corrected chi connectivity index (χ2v) is 4.22. The molecule has 2 heteroatoms. The summed E-state index contributed by atoms with van der Waals surface area (Å²) in [6.45, 7) is 6.52. The molecule has 0 spiro atoms. The van der Waals surface area contributed by atoms with E-state index in [9.17, 15) is 0 Å². The number of aryl methyl sites for hydroxylation is 2. The van der Waals surface area contributed by atoms with Gasteiger partial charge in [0.15, 0.2) is 0 Å². The Kier molecular flexibility index (Phi) is 3.25. The molecular weight excluding hydrogens is 178 g/mol. The van der Waals surface area contributed by atoms with E-state index in [4.69, 9.17) is 0 Å². The number of benzene rings is 1. The normalized spacial score (nSPS) is 14.0. The first kappa shape index (κ1) is 10.5. The van der Waals surface area contributed by atoms with Gasteiger partial charge in [0.2, 0.25) is 0 Å². The van der Waals surface area contributed by atoms with Gasteiger partial charge in [0.25, 0.3) is 0 Å². The van der Waals surface area contributed by atoms with Crippen molar-refractivity contribution >= 4 is 19.4 Å². The third-order valence-corrected chi connectivity index (χ3v) is 2.92. The molecule has 1 aromatic rings. The van der Waals surface area contributed by atoms with Crippen LogP contribution >= 0.6 is 0 Å². The Balaban J connectivity index is 1.95. The van der Waals surface area contributed by atoms with Crippen molar-refractivity contribution < 1.29 is 0 Å². The average Bonchev–Trinajstić information content (AvgIpc) is 2.63. The van der Waals surface area contributed by atoms with Crippen molar-refractivity contribution in [2.75, 3.05) is 0 Å². The van der Waals surface area contributed by atoms with E-state index in [1.807, 2.05) is 0 Å². The van der Waals surface area contributed by atoms with Crippen LogP contribution in [0.25, 0.3) is 0 Å². The zero-order valence-electron chi connectivity index (χ0n) is 9.46. The van der Waals surface area contributed by atoms with Crippen LogP contribution in [-0.2, 0) is 6.42 Å². The minimum atomic E-state index is 1.15. The van der Waals surface area contributed by atoms with Gasteiger partial charge in [-0.1, -0.05) is 0 Å². The molecule has 1 radical (unpaired) electrons. The van der Waals surface area contributed by atoms with Crippen LogP contribution in [0.15, 0.2) is 35.8 Å². The van der Waals surface area contributed by atoms with E-state index in [1.165, 1.54) is 22.1 Å².